The Hall–Kier alpha value is -3.35. The molecule has 26 heavy (non-hydrogen) atoms. The summed E-state index contributed by atoms with van der Waals surface area (Å²) in [6.07, 6.45) is 4.60. The average Bonchev–Trinajstić information content (AvgIpc) is 2.65. The molecular formula is C19H15F2N3O2. The van der Waals surface area contributed by atoms with Crippen LogP contribution < -0.4 is 10.1 Å². The van der Waals surface area contributed by atoms with Crippen LogP contribution in [0.4, 0.5) is 14.5 Å². The summed E-state index contributed by atoms with van der Waals surface area (Å²) in [6.45, 7) is -2.93. The van der Waals surface area contributed by atoms with Crippen molar-refractivity contribution in [3.63, 3.8) is 0 Å². The van der Waals surface area contributed by atoms with Gasteiger partial charge >= 0.3 is 6.61 Å². The minimum Gasteiger partial charge on any atom is -0.435 e. The molecule has 1 N–H and O–H groups in total. The Balaban J connectivity index is 1.85. The highest BCUT2D eigenvalue weighted by Gasteiger charge is 2.13. The minimum absolute atomic E-state index is 0.0707. The molecular weight excluding hydrogens is 340 g/mol. The number of alkyl halides is 2. The minimum atomic E-state index is -2.93. The quantitative estimate of drug-likeness (QED) is 0.728. The van der Waals surface area contributed by atoms with Gasteiger partial charge in [0.15, 0.2) is 0 Å². The lowest BCUT2D eigenvalue weighted by Gasteiger charge is -2.13. The molecule has 1 aromatic heterocycles. The van der Waals surface area contributed by atoms with E-state index < -0.39 is 12.5 Å². The lowest BCUT2D eigenvalue weighted by atomic mass is 10.0. The van der Waals surface area contributed by atoms with Gasteiger partial charge in [0, 0.05) is 30.1 Å². The molecule has 0 aliphatic rings. The van der Waals surface area contributed by atoms with Gasteiger partial charge in [0.25, 0.3) is 5.91 Å². The highest BCUT2D eigenvalue weighted by atomic mass is 19.3. The SMILES string of the molecule is O=C(Nc1ccc(OC(F)F)c(Cc2ccccc2)c1)c1cnccn1. The summed E-state index contributed by atoms with van der Waals surface area (Å²) in [4.78, 5) is 19.9. The van der Waals surface area contributed by atoms with Crippen molar-refractivity contribution < 1.29 is 18.3 Å². The van der Waals surface area contributed by atoms with Crippen molar-refractivity contribution in [1.82, 2.24) is 9.97 Å². The maximum Gasteiger partial charge on any atom is 0.387 e. The number of amides is 1. The molecule has 0 bridgehead atoms. The third kappa shape index (κ3) is 4.60. The van der Waals surface area contributed by atoms with Gasteiger partial charge < -0.3 is 10.1 Å². The van der Waals surface area contributed by atoms with Crippen molar-refractivity contribution in [3.8, 4) is 5.75 Å². The number of nitrogens with zero attached hydrogens (tertiary/aromatic N) is 2. The second kappa shape index (κ2) is 8.15. The fraction of sp³-hybridized carbons (Fsp3) is 0.105. The molecule has 1 heterocycles. The molecule has 0 fully saturated rings. The van der Waals surface area contributed by atoms with Crippen LogP contribution >= 0.6 is 0 Å². The van der Waals surface area contributed by atoms with Crippen LogP contribution in [0.1, 0.15) is 21.6 Å². The van der Waals surface area contributed by atoms with Crippen LogP contribution in [0.5, 0.6) is 5.75 Å². The summed E-state index contributed by atoms with van der Waals surface area (Å²) in [7, 11) is 0. The van der Waals surface area contributed by atoms with Gasteiger partial charge in [-0.1, -0.05) is 30.3 Å². The van der Waals surface area contributed by atoms with Crippen molar-refractivity contribution in [2.75, 3.05) is 5.32 Å². The Bertz CT molecular complexity index is 874. The first-order chi connectivity index (χ1) is 12.6. The molecule has 3 aromatic rings. The smallest absolute Gasteiger partial charge is 0.387 e. The molecule has 0 saturated heterocycles. The number of hydrogen-bond acceptors (Lipinski definition) is 4. The zero-order valence-corrected chi connectivity index (χ0v) is 13.6. The summed E-state index contributed by atoms with van der Waals surface area (Å²) < 4.78 is 29.9. The van der Waals surface area contributed by atoms with E-state index in [0.29, 0.717) is 17.7 Å². The molecule has 0 atom stereocenters. The average molecular weight is 355 g/mol. The molecule has 2 aromatic carbocycles. The van der Waals surface area contributed by atoms with Crippen LogP contribution in [-0.4, -0.2) is 22.5 Å². The third-order valence-corrected chi connectivity index (χ3v) is 3.57. The molecule has 132 valence electrons. The first-order valence-electron chi connectivity index (χ1n) is 7.81. The number of anilines is 1. The normalized spacial score (nSPS) is 10.6. The van der Waals surface area contributed by atoms with E-state index in [1.807, 2.05) is 30.3 Å². The van der Waals surface area contributed by atoms with Gasteiger partial charge in [0.1, 0.15) is 11.4 Å². The van der Waals surface area contributed by atoms with Gasteiger partial charge in [-0.3, -0.25) is 9.78 Å². The lowest BCUT2D eigenvalue weighted by Crippen LogP contribution is -2.14. The lowest BCUT2D eigenvalue weighted by molar-refractivity contribution is -0.0503. The number of hydrogen-bond donors (Lipinski definition) is 1. The van der Waals surface area contributed by atoms with E-state index >= 15 is 0 Å². The molecule has 0 radical (unpaired) electrons. The van der Waals surface area contributed by atoms with E-state index in [1.54, 1.807) is 6.07 Å². The van der Waals surface area contributed by atoms with Crippen molar-refractivity contribution in [1.29, 1.82) is 0 Å². The maximum absolute atomic E-state index is 12.7. The highest BCUT2D eigenvalue weighted by Crippen LogP contribution is 2.27. The van der Waals surface area contributed by atoms with Crippen molar-refractivity contribution in [2.24, 2.45) is 0 Å². The van der Waals surface area contributed by atoms with Crippen LogP contribution in [0.2, 0.25) is 0 Å². The molecule has 0 unspecified atom stereocenters. The standard InChI is InChI=1S/C19H15F2N3O2/c20-19(21)26-17-7-6-15(24-18(25)16-12-22-8-9-23-16)11-14(17)10-13-4-2-1-3-5-13/h1-9,11-12,19H,10H2,(H,24,25). The summed E-state index contributed by atoms with van der Waals surface area (Å²) >= 11 is 0. The Morgan fingerprint density at radius 3 is 2.62 bits per heavy atom. The molecule has 0 spiro atoms. The molecule has 0 aliphatic carbocycles. The van der Waals surface area contributed by atoms with Gasteiger partial charge in [-0.25, -0.2) is 4.98 Å². The Morgan fingerprint density at radius 1 is 1.12 bits per heavy atom. The van der Waals surface area contributed by atoms with Gasteiger partial charge in [0.2, 0.25) is 0 Å². The summed E-state index contributed by atoms with van der Waals surface area (Å²) in [5.74, 6) is -0.368. The predicted octanol–water partition coefficient (Wildman–Crippen LogP) is 3.92. The monoisotopic (exact) mass is 355 g/mol. The molecule has 5 nitrogen and oxygen atoms in total. The van der Waals surface area contributed by atoms with Crippen LogP contribution in [0.15, 0.2) is 67.1 Å². The van der Waals surface area contributed by atoms with Crippen molar-refractivity contribution >= 4 is 11.6 Å². The summed E-state index contributed by atoms with van der Waals surface area (Å²) in [5, 5.41) is 2.68. The van der Waals surface area contributed by atoms with Gasteiger partial charge in [-0.05, 0) is 23.8 Å². The maximum atomic E-state index is 12.7. The van der Waals surface area contributed by atoms with Crippen LogP contribution in [0, 0.1) is 0 Å². The second-order valence-corrected chi connectivity index (χ2v) is 5.41. The molecule has 7 heteroatoms. The first kappa shape index (κ1) is 17.5. The van der Waals surface area contributed by atoms with Gasteiger partial charge in [0.05, 0.1) is 6.20 Å². The van der Waals surface area contributed by atoms with Crippen molar-refractivity contribution in [2.45, 2.75) is 13.0 Å². The van der Waals surface area contributed by atoms with E-state index in [-0.39, 0.29) is 11.4 Å². The topological polar surface area (TPSA) is 64.1 Å². The van der Waals surface area contributed by atoms with Gasteiger partial charge in [-0.15, -0.1) is 0 Å². The fourth-order valence-corrected chi connectivity index (χ4v) is 2.43. The number of ether oxygens (including phenoxy) is 1. The largest absolute Gasteiger partial charge is 0.435 e. The van der Waals surface area contributed by atoms with E-state index in [1.165, 1.54) is 30.7 Å². The number of nitrogens with one attached hydrogen (secondary N) is 1. The highest BCUT2D eigenvalue weighted by molar-refractivity contribution is 6.02. The number of rotatable bonds is 6. The third-order valence-electron chi connectivity index (χ3n) is 3.57. The summed E-state index contributed by atoms with van der Waals surface area (Å²) in [6, 6.07) is 13.9. The zero-order valence-electron chi connectivity index (χ0n) is 13.6. The van der Waals surface area contributed by atoms with Crippen LogP contribution in [0.3, 0.4) is 0 Å². The number of halogens is 2. The van der Waals surface area contributed by atoms with E-state index in [2.05, 4.69) is 20.0 Å². The number of carbonyl (C=O) groups is 1. The number of carbonyl (C=O) groups excluding carboxylic acids is 1. The molecule has 1 amide bonds. The zero-order chi connectivity index (χ0) is 18.4. The second-order valence-electron chi connectivity index (χ2n) is 5.41. The fourth-order valence-electron chi connectivity index (χ4n) is 2.43. The molecule has 0 saturated carbocycles. The van der Waals surface area contributed by atoms with E-state index in [4.69, 9.17) is 0 Å². The Morgan fingerprint density at radius 2 is 1.92 bits per heavy atom. The number of benzene rings is 2. The first-order valence-corrected chi connectivity index (χ1v) is 7.81. The van der Waals surface area contributed by atoms with E-state index in [0.717, 1.165) is 5.56 Å². The van der Waals surface area contributed by atoms with Crippen molar-refractivity contribution in [3.05, 3.63) is 83.9 Å². The van der Waals surface area contributed by atoms with Crippen LogP contribution in [0.25, 0.3) is 0 Å². The molecule has 0 aliphatic heterocycles. The Labute approximate surface area is 148 Å². The Kier molecular flexibility index (Phi) is 5.48. The predicted molar refractivity (Wildman–Crippen MR) is 92.3 cm³/mol. The summed E-state index contributed by atoms with van der Waals surface area (Å²) in [5.41, 5.74) is 2.08. The van der Waals surface area contributed by atoms with Gasteiger partial charge in [-0.2, -0.15) is 8.78 Å². The van der Waals surface area contributed by atoms with E-state index in [9.17, 15) is 13.6 Å². The number of aromatic nitrogens is 2. The van der Waals surface area contributed by atoms with Crippen LogP contribution in [-0.2, 0) is 6.42 Å². The molecule has 3 rings (SSSR count).